The van der Waals surface area contributed by atoms with Gasteiger partial charge in [-0.25, -0.2) is 4.39 Å². The summed E-state index contributed by atoms with van der Waals surface area (Å²) in [6, 6.07) is -0.711. The van der Waals surface area contributed by atoms with Crippen LogP contribution in [0.5, 0.6) is 0 Å². The predicted molar refractivity (Wildman–Crippen MR) is 60.0 cm³/mol. The van der Waals surface area contributed by atoms with Gasteiger partial charge in [0.05, 0.1) is 19.1 Å². The highest BCUT2D eigenvalue weighted by molar-refractivity contribution is 5.84. The number of nitrogens with two attached hydrogens (primary N) is 1. The first-order valence-corrected chi connectivity index (χ1v) is 5.29. The van der Waals surface area contributed by atoms with E-state index in [2.05, 4.69) is 17.2 Å². The third-order valence-electron chi connectivity index (χ3n) is 2.97. The number of halogens is 1. The molecule has 0 spiro atoms. The zero-order valence-corrected chi connectivity index (χ0v) is 9.37. The van der Waals surface area contributed by atoms with Crippen molar-refractivity contribution >= 4 is 5.91 Å². The van der Waals surface area contributed by atoms with E-state index in [9.17, 15) is 9.18 Å². The average molecular weight is 236 g/mol. The summed E-state index contributed by atoms with van der Waals surface area (Å²) in [7, 11) is 1.45. The standard InChI is InChI=1S/C12H13FN2O2/c1-17-7-3-2-4-8(10(13)5-7)9-6-15-12(16)11(9)14/h3,5,8-9,11H,6,14H2,1H3,(H,15,16)/t8?,9?,11-/m0/s1. The van der Waals surface area contributed by atoms with Gasteiger partial charge in [-0.05, 0) is 0 Å². The molecular weight excluding hydrogens is 223 g/mol. The zero-order valence-electron chi connectivity index (χ0n) is 9.37. The van der Waals surface area contributed by atoms with Gasteiger partial charge in [-0.2, -0.15) is 0 Å². The molecule has 1 fully saturated rings. The van der Waals surface area contributed by atoms with Gasteiger partial charge in [0.25, 0.3) is 0 Å². The first-order valence-electron chi connectivity index (χ1n) is 5.29. The number of nitrogens with one attached hydrogen (secondary N) is 1. The van der Waals surface area contributed by atoms with E-state index in [4.69, 9.17) is 10.5 Å². The van der Waals surface area contributed by atoms with Gasteiger partial charge in [0.2, 0.25) is 5.91 Å². The number of methoxy groups -OCH3 is 1. The Morgan fingerprint density at radius 3 is 3.00 bits per heavy atom. The molecule has 3 N–H and O–H groups in total. The van der Waals surface area contributed by atoms with E-state index in [1.165, 1.54) is 19.3 Å². The lowest BCUT2D eigenvalue weighted by Crippen LogP contribution is -2.37. The fourth-order valence-electron chi connectivity index (χ4n) is 1.95. The van der Waals surface area contributed by atoms with Crippen molar-refractivity contribution in [3.05, 3.63) is 23.7 Å². The Kier molecular flexibility index (Phi) is 3.16. The van der Waals surface area contributed by atoms with Gasteiger partial charge in [-0.15, -0.1) is 0 Å². The van der Waals surface area contributed by atoms with Crippen LogP contribution in [-0.4, -0.2) is 25.6 Å². The van der Waals surface area contributed by atoms with Crippen molar-refractivity contribution in [1.29, 1.82) is 0 Å². The van der Waals surface area contributed by atoms with Crippen LogP contribution in [0.25, 0.3) is 0 Å². The van der Waals surface area contributed by atoms with Crippen molar-refractivity contribution in [2.75, 3.05) is 13.7 Å². The molecule has 0 saturated carbocycles. The van der Waals surface area contributed by atoms with Crippen LogP contribution >= 0.6 is 0 Å². The molecule has 0 aromatic rings. The van der Waals surface area contributed by atoms with Gasteiger partial charge in [0.1, 0.15) is 11.6 Å². The molecule has 0 bridgehead atoms. The Bertz CT molecular complexity index is 459. The molecule has 0 aromatic carbocycles. The quantitative estimate of drug-likeness (QED) is 0.667. The van der Waals surface area contributed by atoms with Crippen LogP contribution in [0.3, 0.4) is 0 Å². The SMILES string of the molecule is COC1=CC#CC(C2CNC(=O)[C@H]2N)C(F)=C1. The molecule has 1 heterocycles. The topological polar surface area (TPSA) is 64.3 Å². The van der Waals surface area contributed by atoms with Gasteiger partial charge in [-0.3, -0.25) is 4.79 Å². The summed E-state index contributed by atoms with van der Waals surface area (Å²) in [6.45, 7) is 0.350. The van der Waals surface area contributed by atoms with E-state index in [0.717, 1.165) is 0 Å². The smallest absolute Gasteiger partial charge is 0.237 e. The van der Waals surface area contributed by atoms with E-state index < -0.39 is 17.8 Å². The average Bonchev–Trinajstić information content (AvgIpc) is 2.53. The van der Waals surface area contributed by atoms with Crippen molar-refractivity contribution in [2.45, 2.75) is 6.04 Å². The number of carbonyl (C=O) groups is 1. The Balaban J connectivity index is 2.23. The number of hydrogen-bond acceptors (Lipinski definition) is 3. The molecule has 5 heteroatoms. The van der Waals surface area contributed by atoms with Gasteiger partial charge >= 0.3 is 0 Å². The third kappa shape index (κ3) is 2.17. The van der Waals surface area contributed by atoms with Crippen LogP contribution in [0, 0.1) is 23.7 Å². The maximum Gasteiger partial charge on any atom is 0.237 e. The molecule has 1 amide bonds. The Labute approximate surface area is 98.7 Å². The van der Waals surface area contributed by atoms with Crippen molar-refractivity contribution in [3.8, 4) is 11.8 Å². The summed E-state index contributed by atoms with van der Waals surface area (Å²) < 4.78 is 18.9. The molecular formula is C12H13FN2O2. The maximum atomic E-state index is 13.9. The van der Waals surface area contributed by atoms with Crippen molar-refractivity contribution in [3.63, 3.8) is 0 Å². The zero-order chi connectivity index (χ0) is 12.4. The molecule has 0 radical (unpaired) electrons. The summed E-state index contributed by atoms with van der Waals surface area (Å²) in [6.07, 6.45) is 2.77. The summed E-state index contributed by atoms with van der Waals surface area (Å²) in [5.74, 6) is 4.18. The van der Waals surface area contributed by atoms with Gasteiger partial charge in [0, 0.05) is 24.6 Å². The van der Waals surface area contributed by atoms with E-state index >= 15 is 0 Å². The molecule has 17 heavy (non-hydrogen) atoms. The van der Waals surface area contributed by atoms with E-state index in [1.807, 2.05) is 0 Å². The Morgan fingerprint density at radius 1 is 1.65 bits per heavy atom. The number of rotatable bonds is 2. The lowest BCUT2D eigenvalue weighted by atomic mass is 9.88. The Hall–Kier alpha value is -1.80. The van der Waals surface area contributed by atoms with Crippen LogP contribution in [0.4, 0.5) is 4.39 Å². The second-order valence-corrected chi connectivity index (χ2v) is 3.98. The fraction of sp³-hybridized carbons (Fsp3) is 0.417. The molecule has 3 atom stereocenters. The van der Waals surface area contributed by atoms with Crippen LogP contribution in [0.15, 0.2) is 23.7 Å². The molecule has 0 aromatic heterocycles. The summed E-state index contributed by atoms with van der Waals surface area (Å²) >= 11 is 0. The fourth-order valence-corrected chi connectivity index (χ4v) is 1.95. The van der Waals surface area contributed by atoms with Crippen molar-refractivity contribution < 1.29 is 13.9 Å². The molecule has 1 aliphatic heterocycles. The van der Waals surface area contributed by atoms with E-state index in [0.29, 0.717) is 12.3 Å². The van der Waals surface area contributed by atoms with Crippen molar-refractivity contribution in [2.24, 2.45) is 17.6 Å². The normalized spacial score (nSPS) is 31.7. The van der Waals surface area contributed by atoms with Crippen LogP contribution in [0.2, 0.25) is 0 Å². The first-order chi connectivity index (χ1) is 8.13. The van der Waals surface area contributed by atoms with Gasteiger partial charge in [0.15, 0.2) is 0 Å². The second-order valence-electron chi connectivity index (χ2n) is 3.98. The minimum atomic E-state index is -0.711. The van der Waals surface area contributed by atoms with Crippen LogP contribution in [-0.2, 0) is 9.53 Å². The molecule has 2 unspecified atom stereocenters. The second kappa shape index (κ2) is 4.60. The molecule has 2 aliphatic rings. The highest BCUT2D eigenvalue weighted by Crippen LogP contribution is 2.28. The third-order valence-corrected chi connectivity index (χ3v) is 2.97. The molecule has 1 aliphatic carbocycles. The van der Waals surface area contributed by atoms with E-state index in [-0.39, 0.29) is 11.8 Å². The monoisotopic (exact) mass is 236 g/mol. The van der Waals surface area contributed by atoms with Crippen LogP contribution in [0.1, 0.15) is 0 Å². The van der Waals surface area contributed by atoms with Crippen molar-refractivity contribution in [1.82, 2.24) is 5.32 Å². The summed E-state index contributed by atoms with van der Waals surface area (Å²) in [4.78, 5) is 11.3. The first kappa shape index (κ1) is 11.7. The molecule has 2 rings (SSSR count). The number of amides is 1. The molecule has 4 nitrogen and oxygen atoms in total. The number of ether oxygens (including phenoxy) is 1. The molecule has 1 saturated heterocycles. The van der Waals surface area contributed by atoms with E-state index in [1.54, 1.807) is 0 Å². The largest absolute Gasteiger partial charge is 0.496 e. The number of carbonyl (C=O) groups excluding carboxylic acids is 1. The lowest BCUT2D eigenvalue weighted by Gasteiger charge is -2.18. The Morgan fingerprint density at radius 2 is 2.41 bits per heavy atom. The van der Waals surface area contributed by atoms with Crippen LogP contribution < -0.4 is 11.1 Å². The maximum absolute atomic E-state index is 13.9. The summed E-state index contributed by atoms with van der Waals surface area (Å²) in [5, 5.41) is 2.61. The number of allylic oxidation sites excluding steroid dienone is 3. The lowest BCUT2D eigenvalue weighted by molar-refractivity contribution is -0.120. The molecule has 90 valence electrons. The minimum absolute atomic E-state index is 0.256. The van der Waals surface area contributed by atoms with Gasteiger partial charge in [-0.1, -0.05) is 11.8 Å². The van der Waals surface area contributed by atoms with Gasteiger partial charge < -0.3 is 15.8 Å². The predicted octanol–water partition coefficient (Wildman–Crippen LogP) is 0.0766. The minimum Gasteiger partial charge on any atom is -0.496 e. The highest BCUT2D eigenvalue weighted by atomic mass is 19.1. The summed E-state index contributed by atoms with van der Waals surface area (Å²) in [5.41, 5.74) is 5.71. The highest BCUT2D eigenvalue weighted by Gasteiger charge is 2.38. The number of hydrogen-bond donors (Lipinski definition) is 2.